The minimum absolute atomic E-state index is 0.0284. The van der Waals surface area contributed by atoms with Gasteiger partial charge in [0.15, 0.2) is 16.9 Å². The zero-order valence-electron chi connectivity index (χ0n) is 19.3. The van der Waals surface area contributed by atoms with Crippen molar-refractivity contribution >= 4 is 40.9 Å². The van der Waals surface area contributed by atoms with Crippen LogP contribution in [0.1, 0.15) is 54.7 Å². The summed E-state index contributed by atoms with van der Waals surface area (Å²) in [6.07, 6.45) is 6.24. The second-order valence-corrected chi connectivity index (χ2v) is 9.07. The van der Waals surface area contributed by atoms with Gasteiger partial charge in [-0.15, -0.1) is 11.3 Å². The third-order valence-electron chi connectivity index (χ3n) is 5.47. The molecule has 34 heavy (non-hydrogen) atoms. The van der Waals surface area contributed by atoms with Crippen LogP contribution in [0, 0.1) is 5.92 Å². The Hall–Kier alpha value is -3.22. The second kappa shape index (κ2) is 14.1. The number of guanidine groups is 2. The van der Waals surface area contributed by atoms with E-state index >= 15 is 0 Å². The summed E-state index contributed by atoms with van der Waals surface area (Å²) >= 11 is 1.21. The maximum Gasteiger partial charge on any atom is 0.240 e. The number of ketones is 1. The second-order valence-electron chi connectivity index (χ2n) is 8.17. The van der Waals surface area contributed by atoms with Gasteiger partial charge in [0, 0.05) is 37.1 Å². The van der Waals surface area contributed by atoms with E-state index in [1.165, 1.54) is 11.3 Å². The fourth-order valence-electron chi connectivity index (χ4n) is 3.84. The lowest BCUT2D eigenvalue weighted by Gasteiger charge is -2.25. The molecular formula is C21H35N9O3S. The van der Waals surface area contributed by atoms with Crippen LogP contribution >= 0.6 is 11.3 Å². The average Bonchev–Trinajstić information content (AvgIpc) is 3.27. The zero-order valence-corrected chi connectivity index (χ0v) is 20.1. The van der Waals surface area contributed by atoms with Crippen molar-refractivity contribution in [3.63, 3.8) is 0 Å². The standard InChI is InChI=1S/C21H35N9O3S/c22-20(23)27-8-3-6-14-5-1-2-11-30(19(14)33)13-16(31)29-15(7-4-9-28-21(24)25)17(32)18-26-10-12-34-18/h10,12,14-15H,1-9,11,13H2,(H,29,31)(H4,22,23,27)(H4,24,25,28)/t14?,15-/m0/s1. The van der Waals surface area contributed by atoms with Gasteiger partial charge >= 0.3 is 0 Å². The molecule has 0 spiro atoms. The van der Waals surface area contributed by atoms with Gasteiger partial charge in [-0.1, -0.05) is 6.42 Å². The number of carbonyl (C=O) groups is 3. The third kappa shape index (κ3) is 9.33. The molecular weight excluding hydrogens is 458 g/mol. The molecule has 1 aliphatic rings. The largest absolute Gasteiger partial charge is 0.370 e. The first-order valence-electron chi connectivity index (χ1n) is 11.4. The number of aromatic nitrogens is 1. The van der Waals surface area contributed by atoms with Gasteiger partial charge in [0.05, 0.1) is 12.6 Å². The summed E-state index contributed by atoms with van der Waals surface area (Å²) < 4.78 is 0. The number of aliphatic imine (C=N–C) groups is 2. The normalized spacial score (nSPS) is 16.9. The van der Waals surface area contributed by atoms with E-state index in [2.05, 4.69) is 20.3 Å². The Morgan fingerprint density at radius 3 is 2.50 bits per heavy atom. The lowest BCUT2D eigenvalue weighted by Crippen LogP contribution is -2.48. The quantitative estimate of drug-likeness (QED) is 0.105. The molecule has 13 heteroatoms. The number of hydrogen-bond acceptors (Lipinski definition) is 7. The monoisotopic (exact) mass is 493 g/mol. The molecule has 188 valence electrons. The molecule has 2 rings (SSSR count). The van der Waals surface area contributed by atoms with Crippen LogP contribution in [0.5, 0.6) is 0 Å². The number of hydrogen-bond donors (Lipinski definition) is 5. The Bertz CT molecular complexity index is 865. The summed E-state index contributed by atoms with van der Waals surface area (Å²) in [5.74, 6) is -0.867. The summed E-state index contributed by atoms with van der Waals surface area (Å²) in [6.45, 7) is 1.21. The number of likely N-dealkylation sites (tertiary alicyclic amines) is 1. The van der Waals surface area contributed by atoms with E-state index in [9.17, 15) is 14.4 Å². The zero-order chi connectivity index (χ0) is 24.9. The van der Waals surface area contributed by atoms with Crippen molar-refractivity contribution in [2.45, 2.75) is 51.0 Å². The molecule has 2 atom stereocenters. The molecule has 0 bridgehead atoms. The van der Waals surface area contributed by atoms with Crippen LogP contribution in [0.2, 0.25) is 0 Å². The fourth-order valence-corrected chi connectivity index (χ4v) is 4.47. The highest BCUT2D eigenvalue weighted by atomic mass is 32.1. The molecule has 0 radical (unpaired) electrons. The molecule has 9 N–H and O–H groups in total. The minimum Gasteiger partial charge on any atom is -0.370 e. The van der Waals surface area contributed by atoms with E-state index in [1.54, 1.807) is 16.5 Å². The Morgan fingerprint density at radius 1 is 1.15 bits per heavy atom. The van der Waals surface area contributed by atoms with Gasteiger partial charge < -0.3 is 33.2 Å². The molecule has 1 unspecified atom stereocenters. The molecule has 2 amide bonds. The van der Waals surface area contributed by atoms with Gasteiger partial charge in [-0.2, -0.15) is 0 Å². The summed E-state index contributed by atoms with van der Waals surface area (Å²) in [4.78, 5) is 52.3. The lowest BCUT2D eigenvalue weighted by atomic mass is 9.97. The number of nitrogens with zero attached hydrogens (tertiary/aromatic N) is 4. The van der Waals surface area contributed by atoms with Crippen molar-refractivity contribution in [2.24, 2.45) is 38.8 Å². The molecule has 0 aliphatic carbocycles. The smallest absolute Gasteiger partial charge is 0.240 e. The molecule has 0 aromatic carbocycles. The molecule has 1 fully saturated rings. The van der Waals surface area contributed by atoms with Gasteiger partial charge in [0.1, 0.15) is 0 Å². The number of thiazole rings is 1. The van der Waals surface area contributed by atoms with Gasteiger partial charge in [-0.25, -0.2) is 4.98 Å². The number of rotatable bonds is 13. The van der Waals surface area contributed by atoms with Crippen molar-refractivity contribution in [3.8, 4) is 0 Å². The van der Waals surface area contributed by atoms with Crippen molar-refractivity contribution in [1.82, 2.24) is 15.2 Å². The van der Waals surface area contributed by atoms with E-state index in [0.717, 1.165) is 19.3 Å². The van der Waals surface area contributed by atoms with Gasteiger partial charge in [-0.05, 0) is 38.5 Å². The van der Waals surface area contributed by atoms with Gasteiger partial charge in [0.25, 0.3) is 0 Å². The van der Waals surface area contributed by atoms with Crippen molar-refractivity contribution in [2.75, 3.05) is 26.2 Å². The molecule has 0 saturated carbocycles. The summed E-state index contributed by atoms with van der Waals surface area (Å²) in [5, 5.41) is 4.81. The topological polar surface area (TPSA) is 208 Å². The van der Waals surface area contributed by atoms with Crippen LogP contribution in [0.4, 0.5) is 0 Å². The van der Waals surface area contributed by atoms with Crippen LogP contribution in [-0.2, 0) is 9.59 Å². The van der Waals surface area contributed by atoms with Gasteiger partial charge in [-0.3, -0.25) is 24.4 Å². The summed E-state index contributed by atoms with van der Waals surface area (Å²) in [6, 6.07) is -0.773. The Labute approximate surface area is 203 Å². The highest BCUT2D eigenvalue weighted by molar-refractivity contribution is 7.11. The highest BCUT2D eigenvalue weighted by Gasteiger charge is 2.29. The van der Waals surface area contributed by atoms with E-state index in [1.807, 2.05) is 0 Å². The summed E-state index contributed by atoms with van der Waals surface area (Å²) in [5.41, 5.74) is 21.4. The van der Waals surface area contributed by atoms with Crippen LogP contribution < -0.4 is 28.3 Å². The minimum atomic E-state index is -0.773. The maximum atomic E-state index is 13.0. The molecule has 12 nitrogen and oxygen atoms in total. The average molecular weight is 494 g/mol. The first-order chi connectivity index (χ1) is 16.3. The van der Waals surface area contributed by atoms with Crippen molar-refractivity contribution < 1.29 is 14.4 Å². The molecule has 1 aromatic rings. The number of nitrogens with two attached hydrogens (primary N) is 4. The number of Topliss-reactive ketones (excluding diaryl/α,β-unsaturated/α-hetero) is 1. The third-order valence-corrected chi connectivity index (χ3v) is 6.26. The van der Waals surface area contributed by atoms with Crippen LogP contribution in [0.3, 0.4) is 0 Å². The van der Waals surface area contributed by atoms with Gasteiger partial charge in [0.2, 0.25) is 17.6 Å². The van der Waals surface area contributed by atoms with E-state index < -0.39 is 6.04 Å². The Kier molecular flexibility index (Phi) is 11.2. The van der Waals surface area contributed by atoms with E-state index in [-0.39, 0.29) is 42.0 Å². The number of amides is 2. The van der Waals surface area contributed by atoms with E-state index in [0.29, 0.717) is 50.3 Å². The maximum absolute atomic E-state index is 13.0. The van der Waals surface area contributed by atoms with Crippen molar-refractivity contribution in [3.05, 3.63) is 16.6 Å². The molecule has 2 heterocycles. The first kappa shape index (κ1) is 27.0. The van der Waals surface area contributed by atoms with Crippen LogP contribution in [0.25, 0.3) is 0 Å². The van der Waals surface area contributed by atoms with Crippen molar-refractivity contribution in [1.29, 1.82) is 0 Å². The summed E-state index contributed by atoms with van der Waals surface area (Å²) in [7, 11) is 0. The Morgan fingerprint density at radius 2 is 1.85 bits per heavy atom. The van der Waals surface area contributed by atoms with Crippen LogP contribution in [-0.4, -0.2) is 71.6 Å². The number of nitrogens with one attached hydrogen (secondary N) is 1. The van der Waals surface area contributed by atoms with E-state index in [4.69, 9.17) is 22.9 Å². The number of carbonyl (C=O) groups excluding carboxylic acids is 3. The fraction of sp³-hybridized carbons (Fsp3) is 0.619. The highest BCUT2D eigenvalue weighted by Crippen LogP contribution is 2.22. The molecule has 1 saturated heterocycles. The predicted octanol–water partition coefficient (Wildman–Crippen LogP) is -0.453. The lowest BCUT2D eigenvalue weighted by molar-refractivity contribution is -0.139. The SMILES string of the molecule is NC(N)=NCCCC1CCCCN(CC(=O)N[C@@H](CCCN=C(N)N)C(=O)c2nccs2)C1=O. The first-order valence-corrected chi connectivity index (χ1v) is 12.3. The Balaban J connectivity index is 1.97. The molecule has 1 aromatic heterocycles. The predicted molar refractivity (Wildman–Crippen MR) is 132 cm³/mol. The van der Waals surface area contributed by atoms with Crippen LogP contribution in [0.15, 0.2) is 21.6 Å². The molecule has 1 aliphatic heterocycles.